The third-order valence-electron chi connectivity index (χ3n) is 5.10. The highest BCUT2D eigenvalue weighted by Gasteiger charge is 2.23. The predicted octanol–water partition coefficient (Wildman–Crippen LogP) is 4.12. The van der Waals surface area contributed by atoms with Gasteiger partial charge in [0.05, 0.1) is 32.1 Å². The largest absolute Gasteiger partial charge is 0.497 e. The standard InChI is InChI=1S/C23H25N5O4S/c1-6-20(22(29)25-14-8-7-9-15(10-14)30-3)33-23-26-17-12-19(32-5)18(31-4)11-16(17)21-24-13(2)27-28(21)23/h7-12,20H,6H2,1-5H3,(H,25,29)/t20-/m1/s1. The third-order valence-corrected chi connectivity index (χ3v) is 6.41. The van der Waals surface area contributed by atoms with Crippen LogP contribution in [-0.2, 0) is 4.79 Å². The van der Waals surface area contributed by atoms with Crippen molar-refractivity contribution < 1.29 is 19.0 Å². The lowest BCUT2D eigenvalue weighted by molar-refractivity contribution is -0.115. The first-order chi connectivity index (χ1) is 16.0. The topological polar surface area (TPSA) is 99.9 Å². The van der Waals surface area contributed by atoms with Crippen molar-refractivity contribution in [2.75, 3.05) is 26.6 Å². The number of carbonyl (C=O) groups excluding carboxylic acids is 1. The Bertz CT molecular complexity index is 1320. The van der Waals surface area contributed by atoms with Gasteiger partial charge in [-0.15, -0.1) is 5.10 Å². The Morgan fingerprint density at radius 2 is 1.85 bits per heavy atom. The number of amides is 1. The summed E-state index contributed by atoms with van der Waals surface area (Å²) < 4.78 is 17.8. The summed E-state index contributed by atoms with van der Waals surface area (Å²) in [6.07, 6.45) is 0.599. The summed E-state index contributed by atoms with van der Waals surface area (Å²) >= 11 is 1.34. The molecular weight excluding hydrogens is 442 g/mol. The number of aromatic nitrogens is 4. The van der Waals surface area contributed by atoms with E-state index in [-0.39, 0.29) is 5.91 Å². The normalized spacial score (nSPS) is 12.0. The minimum Gasteiger partial charge on any atom is -0.497 e. The van der Waals surface area contributed by atoms with E-state index < -0.39 is 5.25 Å². The van der Waals surface area contributed by atoms with Gasteiger partial charge in [-0.1, -0.05) is 24.8 Å². The fourth-order valence-corrected chi connectivity index (χ4v) is 4.43. The first kappa shape index (κ1) is 22.7. The summed E-state index contributed by atoms with van der Waals surface area (Å²) in [7, 11) is 4.75. The van der Waals surface area contributed by atoms with Crippen molar-refractivity contribution in [1.29, 1.82) is 0 Å². The number of aryl methyl sites for hydroxylation is 1. The van der Waals surface area contributed by atoms with Gasteiger partial charge in [0.2, 0.25) is 5.91 Å². The van der Waals surface area contributed by atoms with E-state index in [1.807, 2.05) is 38.1 Å². The Morgan fingerprint density at radius 1 is 1.09 bits per heavy atom. The van der Waals surface area contributed by atoms with Crippen LogP contribution in [0.15, 0.2) is 41.6 Å². The summed E-state index contributed by atoms with van der Waals surface area (Å²) in [6, 6.07) is 10.9. The second-order valence-corrected chi connectivity index (χ2v) is 8.42. The number of anilines is 1. The molecule has 0 fully saturated rings. The molecule has 0 radical (unpaired) electrons. The van der Waals surface area contributed by atoms with Gasteiger partial charge in [-0.05, 0) is 31.5 Å². The molecule has 9 nitrogen and oxygen atoms in total. The van der Waals surface area contributed by atoms with Crippen LogP contribution in [0, 0.1) is 6.92 Å². The fraction of sp³-hybridized carbons (Fsp3) is 0.304. The molecule has 0 bridgehead atoms. The minimum atomic E-state index is -0.394. The molecule has 33 heavy (non-hydrogen) atoms. The van der Waals surface area contributed by atoms with Gasteiger partial charge in [0.15, 0.2) is 22.3 Å². The number of nitrogens with zero attached hydrogens (tertiary/aromatic N) is 4. The van der Waals surface area contributed by atoms with Crippen molar-refractivity contribution in [3.05, 3.63) is 42.2 Å². The van der Waals surface area contributed by atoms with Crippen molar-refractivity contribution in [3.8, 4) is 17.2 Å². The van der Waals surface area contributed by atoms with Gasteiger partial charge in [-0.3, -0.25) is 4.79 Å². The minimum absolute atomic E-state index is 0.130. The Labute approximate surface area is 195 Å². The number of fused-ring (bicyclic) bond motifs is 3. The Morgan fingerprint density at radius 3 is 2.55 bits per heavy atom. The Kier molecular flexibility index (Phi) is 6.55. The number of hydrogen-bond donors (Lipinski definition) is 1. The van der Waals surface area contributed by atoms with Gasteiger partial charge in [0.1, 0.15) is 11.6 Å². The fourth-order valence-electron chi connectivity index (χ4n) is 3.46. The lowest BCUT2D eigenvalue weighted by Gasteiger charge is -2.16. The summed E-state index contributed by atoms with van der Waals surface area (Å²) in [5.41, 5.74) is 1.99. The number of ether oxygens (including phenoxy) is 3. The van der Waals surface area contributed by atoms with E-state index in [9.17, 15) is 4.79 Å². The summed E-state index contributed by atoms with van der Waals surface area (Å²) in [4.78, 5) is 22.4. The first-order valence-electron chi connectivity index (χ1n) is 10.4. The van der Waals surface area contributed by atoms with E-state index in [2.05, 4.69) is 15.4 Å². The van der Waals surface area contributed by atoms with Crippen LogP contribution in [0.4, 0.5) is 5.69 Å². The molecule has 1 atom stereocenters. The van der Waals surface area contributed by atoms with Crippen LogP contribution in [0.3, 0.4) is 0 Å². The first-order valence-corrected chi connectivity index (χ1v) is 11.3. The van der Waals surface area contributed by atoms with Gasteiger partial charge in [0.25, 0.3) is 0 Å². The van der Waals surface area contributed by atoms with Crippen molar-refractivity contribution in [3.63, 3.8) is 0 Å². The summed E-state index contributed by atoms with van der Waals surface area (Å²) in [6.45, 7) is 3.78. The zero-order chi connectivity index (χ0) is 23.5. The molecule has 0 aliphatic heterocycles. The van der Waals surface area contributed by atoms with Gasteiger partial charge in [-0.25, -0.2) is 9.97 Å². The quantitative estimate of drug-likeness (QED) is 0.305. The van der Waals surface area contributed by atoms with E-state index in [1.165, 1.54) is 11.8 Å². The number of rotatable bonds is 8. The van der Waals surface area contributed by atoms with Crippen molar-refractivity contribution in [2.45, 2.75) is 30.7 Å². The average molecular weight is 468 g/mol. The number of benzene rings is 2. The molecule has 4 aromatic rings. The van der Waals surface area contributed by atoms with E-state index in [4.69, 9.17) is 19.2 Å². The van der Waals surface area contributed by atoms with Crippen LogP contribution in [0.25, 0.3) is 16.6 Å². The molecule has 0 aliphatic carbocycles. The molecule has 0 unspecified atom stereocenters. The second kappa shape index (κ2) is 9.53. The van der Waals surface area contributed by atoms with E-state index in [1.54, 1.807) is 38.0 Å². The molecule has 2 heterocycles. The summed E-state index contributed by atoms with van der Waals surface area (Å²) in [5, 5.41) is 8.44. The molecule has 172 valence electrons. The number of nitrogens with one attached hydrogen (secondary N) is 1. The zero-order valence-electron chi connectivity index (χ0n) is 19.1. The van der Waals surface area contributed by atoms with Gasteiger partial charge < -0.3 is 19.5 Å². The molecule has 10 heteroatoms. The molecule has 0 saturated carbocycles. The molecule has 2 aromatic carbocycles. The van der Waals surface area contributed by atoms with E-state index in [0.717, 1.165) is 5.39 Å². The highest BCUT2D eigenvalue weighted by atomic mass is 32.2. The molecule has 2 aromatic heterocycles. The average Bonchev–Trinajstić information content (AvgIpc) is 3.23. The number of carbonyl (C=O) groups is 1. The number of thioether (sulfide) groups is 1. The van der Waals surface area contributed by atoms with Crippen LogP contribution < -0.4 is 19.5 Å². The molecule has 1 N–H and O–H groups in total. The monoisotopic (exact) mass is 467 g/mol. The highest BCUT2D eigenvalue weighted by molar-refractivity contribution is 8.00. The van der Waals surface area contributed by atoms with Crippen molar-refractivity contribution in [1.82, 2.24) is 19.6 Å². The Hall–Kier alpha value is -3.53. The Balaban J connectivity index is 1.71. The molecule has 0 spiro atoms. The smallest absolute Gasteiger partial charge is 0.237 e. The van der Waals surface area contributed by atoms with Crippen molar-refractivity contribution >= 4 is 39.9 Å². The van der Waals surface area contributed by atoms with E-state index in [0.29, 0.717) is 51.5 Å². The summed E-state index contributed by atoms with van der Waals surface area (Å²) in [5.74, 6) is 2.30. The van der Waals surface area contributed by atoms with Crippen LogP contribution in [0.1, 0.15) is 19.2 Å². The number of hydrogen-bond acceptors (Lipinski definition) is 8. The maximum Gasteiger partial charge on any atom is 0.237 e. The predicted molar refractivity (Wildman–Crippen MR) is 128 cm³/mol. The SMILES string of the molecule is CC[C@@H](Sc1nc2cc(OC)c(OC)cc2c2nc(C)nn12)C(=O)Nc1cccc(OC)c1. The van der Waals surface area contributed by atoms with Crippen molar-refractivity contribution in [2.24, 2.45) is 0 Å². The molecule has 0 saturated heterocycles. The molecular formula is C23H25N5O4S. The van der Waals surface area contributed by atoms with E-state index >= 15 is 0 Å². The zero-order valence-corrected chi connectivity index (χ0v) is 19.9. The van der Waals surface area contributed by atoms with Crippen LogP contribution >= 0.6 is 11.8 Å². The van der Waals surface area contributed by atoms with Crippen LogP contribution in [0.5, 0.6) is 17.2 Å². The maximum atomic E-state index is 13.1. The van der Waals surface area contributed by atoms with Crippen LogP contribution in [0.2, 0.25) is 0 Å². The maximum absolute atomic E-state index is 13.1. The molecule has 4 rings (SSSR count). The van der Waals surface area contributed by atoms with Gasteiger partial charge in [-0.2, -0.15) is 4.52 Å². The van der Waals surface area contributed by atoms with Crippen LogP contribution in [-0.4, -0.2) is 52.1 Å². The molecule has 1 amide bonds. The van der Waals surface area contributed by atoms with Gasteiger partial charge >= 0.3 is 0 Å². The molecule has 0 aliphatic rings. The second-order valence-electron chi connectivity index (χ2n) is 7.25. The highest BCUT2D eigenvalue weighted by Crippen LogP contribution is 2.35. The lowest BCUT2D eigenvalue weighted by Crippen LogP contribution is -2.25. The number of methoxy groups -OCH3 is 3. The third kappa shape index (κ3) is 4.51. The van der Waals surface area contributed by atoms with Gasteiger partial charge in [0, 0.05) is 23.2 Å². The lowest BCUT2D eigenvalue weighted by atomic mass is 10.2.